The number of benzene rings is 2. The van der Waals surface area contributed by atoms with Crippen molar-refractivity contribution in [2.24, 2.45) is 0 Å². The molecule has 9 heteroatoms. The standard InChI is InChI=1S/C24H26F3NO5/c1-16(12-22(29)30)33-21-6-2-4-18(13-21)19-5-3-11-28(14-19)23(31)32-15-17-7-9-20(10-8-17)24(25,26)27/h2,4,6-10,13,16,19H,3,5,11-12,14-15H2,1H3,(H,29,30)/t16?,19-/m1/s1. The van der Waals surface area contributed by atoms with Crippen molar-refractivity contribution in [2.45, 2.75) is 51.0 Å². The molecule has 1 fully saturated rings. The van der Waals surface area contributed by atoms with Crippen LogP contribution in [-0.4, -0.2) is 41.3 Å². The number of alkyl halides is 3. The van der Waals surface area contributed by atoms with E-state index in [0.717, 1.165) is 30.5 Å². The molecule has 2 aromatic carbocycles. The lowest BCUT2D eigenvalue weighted by atomic mass is 9.91. The molecule has 2 aromatic rings. The van der Waals surface area contributed by atoms with Crippen molar-refractivity contribution in [3.8, 4) is 5.75 Å². The van der Waals surface area contributed by atoms with E-state index in [0.29, 0.717) is 24.4 Å². The van der Waals surface area contributed by atoms with Gasteiger partial charge in [0.1, 0.15) is 18.5 Å². The molecule has 1 aliphatic heterocycles. The molecule has 1 aliphatic rings. The molecule has 6 nitrogen and oxygen atoms in total. The van der Waals surface area contributed by atoms with E-state index in [-0.39, 0.29) is 18.9 Å². The number of carbonyl (C=O) groups excluding carboxylic acids is 1. The molecule has 0 bridgehead atoms. The normalized spacial score (nSPS) is 17.3. The first-order chi connectivity index (χ1) is 15.6. The van der Waals surface area contributed by atoms with Crippen molar-refractivity contribution in [2.75, 3.05) is 13.1 Å². The van der Waals surface area contributed by atoms with Crippen molar-refractivity contribution in [3.63, 3.8) is 0 Å². The van der Waals surface area contributed by atoms with Crippen LogP contribution in [0.25, 0.3) is 0 Å². The van der Waals surface area contributed by atoms with Crippen LogP contribution in [-0.2, 0) is 22.3 Å². The van der Waals surface area contributed by atoms with Crippen LogP contribution < -0.4 is 4.74 Å². The molecular weight excluding hydrogens is 439 g/mol. The third-order valence-electron chi connectivity index (χ3n) is 5.45. The molecule has 178 valence electrons. The van der Waals surface area contributed by atoms with Gasteiger partial charge in [0.25, 0.3) is 0 Å². The lowest BCUT2D eigenvalue weighted by Crippen LogP contribution is -2.39. The Morgan fingerprint density at radius 1 is 1.18 bits per heavy atom. The number of likely N-dealkylation sites (tertiary alicyclic amines) is 1. The Morgan fingerprint density at radius 2 is 1.91 bits per heavy atom. The fourth-order valence-corrected chi connectivity index (χ4v) is 3.80. The van der Waals surface area contributed by atoms with E-state index in [9.17, 15) is 22.8 Å². The van der Waals surface area contributed by atoms with Gasteiger partial charge in [0.15, 0.2) is 0 Å². The molecule has 3 rings (SSSR count). The molecule has 1 unspecified atom stereocenters. The van der Waals surface area contributed by atoms with Crippen LogP contribution in [0.5, 0.6) is 5.75 Å². The third-order valence-corrected chi connectivity index (χ3v) is 5.45. The van der Waals surface area contributed by atoms with Gasteiger partial charge in [0.05, 0.1) is 12.0 Å². The first-order valence-corrected chi connectivity index (χ1v) is 10.7. The first kappa shape index (κ1) is 24.4. The van der Waals surface area contributed by atoms with E-state index in [1.54, 1.807) is 17.9 Å². The maximum atomic E-state index is 12.7. The predicted octanol–water partition coefficient (Wildman–Crippen LogP) is 5.46. The Kier molecular flexibility index (Phi) is 7.84. The Bertz CT molecular complexity index is 961. The summed E-state index contributed by atoms with van der Waals surface area (Å²) in [4.78, 5) is 25.0. The Morgan fingerprint density at radius 3 is 2.58 bits per heavy atom. The number of ether oxygens (including phenoxy) is 2. The molecule has 1 amide bonds. The van der Waals surface area contributed by atoms with E-state index in [2.05, 4.69) is 0 Å². The van der Waals surface area contributed by atoms with Gasteiger partial charge in [-0.25, -0.2) is 4.79 Å². The van der Waals surface area contributed by atoms with Crippen LogP contribution in [0.3, 0.4) is 0 Å². The number of halogens is 3. The van der Waals surface area contributed by atoms with Gasteiger partial charge < -0.3 is 19.5 Å². The summed E-state index contributed by atoms with van der Waals surface area (Å²) >= 11 is 0. The summed E-state index contributed by atoms with van der Waals surface area (Å²) in [5, 5.41) is 8.89. The molecule has 2 atom stereocenters. The highest BCUT2D eigenvalue weighted by Crippen LogP contribution is 2.31. The summed E-state index contributed by atoms with van der Waals surface area (Å²) in [6.45, 7) is 2.56. The van der Waals surface area contributed by atoms with Crippen molar-refractivity contribution in [1.82, 2.24) is 4.90 Å². The van der Waals surface area contributed by atoms with Gasteiger partial charge >= 0.3 is 18.2 Å². The van der Waals surface area contributed by atoms with Crippen molar-refractivity contribution < 1.29 is 37.3 Å². The molecule has 0 saturated carbocycles. The minimum atomic E-state index is -4.41. The highest BCUT2D eigenvalue weighted by atomic mass is 19.4. The summed E-state index contributed by atoms with van der Waals surface area (Å²) < 4.78 is 49.0. The molecule has 33 heavy (non-hydrogen) atoms. The number of carboxylic acid groups (broad SMARTS) is 1. The number of piperidine rings is 1. The van der Waals surface area contributed by atoms with Gasteiger partial charge in [-0.05, 0) is 55.2 Å². The summed E-state index contributed by atoms with van der Waals surface area (Å²) in [6, 6.07) is 11.9. The van der Waals surface area contributed by atoms with E-state index in [1.165, 1.54) is 12.1 Å². The van der Waals surface area contributed by atoms with E-state index >= 15 is 0 Å². The lowest BCUT2D eigenvalue weighted by Gasteiger charge is -2.32. The van der Waals surface area contributed by atoms with Gasteiger partial charge in [-0.2, -0.15) is 13.2 Å². The maximum Gasteiger partial charge on any atom is 0.416 e. The smallest absolute Gasteiger partial charge is 0.416 e. The zero-order valence-corrected chi connectivity index (χ0v) is 18.2. The number of amides is 1. The monoisotopic (exact) mass is 465 g/mol. The summed E-state index contributed by atoms with van der Waals surface area (Å²) in [7, 11) is 0. The number of carbonyl (C=O) groups is 2. The van der Waals surface area contributed by atoms with Crippen LogP contribution in [0.4, 0.5) is 18.0 Å². The van der Waals surface area contributed by atoms with Gasteiger partial charge in [-0.1, -0.05) is 24.3 Å². The third kappa shape index (κ3) is 7.13. The van der Waals surface area contributed by atoms with Gasteiger partial charge in [0, 0.05) is 19.0 Å². The van der Waals surface area contributed by atoms with E-state index in [1.807, 2.05) is 18.2 Å². The van der Waals surface area contributed by atoms with E-state index < -0.39 is 29.9 Å². The van der Waals surface area contributed by atoms with Gasteiger partial charge in [0.2, 0.25) is 0 Å². The molecule has 0 aliphatic carbocycles. The van der Waals surface area contributed by atoms with Crippen LogP contribution in [0.2, 0.25) is 0 Å². The lowest BCUT2D eigenvalue weighted by molar-refractivity contribution is -0.139. The summed E-state index contributed by atoms with van der Waals surface area (Å²) in [5.41, 5.74) is 0.709. The van der Waals surface area contributed by atoms with Crippen LogP contribution >= 0.6 is 0 Å². The largest absolute Gasteiger partial charge is 0.490 e. The number of carboxylic acids is 1. The molecule has 0 spiro atoms. The van der Waals surface area contributed by atoms with Crippen LogP contribution in [0.15, 0.2) is 48.5 Å². The first-order valence-electron chi connectivity index (χ1n) is 10.7. The minimum absolute atomic E-state index is 0.0655. The molecule has 1 heterocycles. The highest BCUT2D eigenvalue weighted by molar-refractivity contribution is 5.68. The Hall–Kier alpha value is -3.23. The number of aliphatic carboxylic acids is 1. The second-order valence-electron chi connectivity index (χ2n) is 8.13. The molecule has 1 saturated heterocycles. The molecule has 0 aromatic heterocycles. The van der Waals surface area contributed by atoms with Crippen molar-refractivity contribution in [1.29, 1.82) is 0 Å². The van der Waals surface area contributed by atoms with E-state index in [4.69, 9.17) is 14.6 Å². The van der Waals surface area contributed by atoms with Crippen LogP contribution in [0, 0.1) is 0 Å². The number of hydrogen-bond acceptors (Lipinski definition) is 4. The topological polar surface area (TPSA) is 76.1 Å². The fraction of sp³-hybridized carbons (Fsp3) is 0.417. The Balaban J connectivity index is 1.56. The number of rotatable bonds is 7. The zero-order valence-electron chi connectivity index (χ0n) is 18.2. The average molecular weight is 465 g/mol. The van der Waals surface area contributed by atoms with Crippen LogP contribution in [0.1, 0.15) is 48.8 Å². The van der Waals surface area contributed by atoms with Crippen molar-refractivity contribution in [3.05, 3.63) is 65.2 Å². The number of hydrogen-bond donors (Lipinski definition) is 1. The molecule has 0 radical (unpaired) electrons. The van der Waals surface area contributed by atoms with Gasteiger partial charge in [-0.15, -0.1) is 0 Å². The second kappa shape index (κ2) is 10.6. The second-order valence-corrected chi connectivity index (χ2v) is 8.13. The fourth-order valence-electron chi connectivity index (χ4n) is 3.80. The Labute approximate surface area is 189 Å². The summed E-state index contributed by atoms with van der Waals surface area (Å²) in [6.07, 6.45) is -3.85. The molecule has 1 N–H and O–H groups in total. The van der Waals surface area contributed by atoms with Crippen molar-refractivity contribution >= 4 is 12.1 Å². The van der Waals surface area contributed by atoms with Gasteiger partial charge in [-0.3, -0.25) is 4.79 Å². The average Bonchev–Trinajstić information content (AvgIpc) is 2.77. The quantitative estimate of drug-likeness (QED) is 0.587. The SMILES string of the molecule is CC(CC(=O)O)Oc1cccc([C@@H]2CCCN(C(=O)OCc3ccc(C(F)(F)F)cc3)C2)c1. The number of nitrogens with zero attached hydrogens (tertiary/aromatic N) is 1. The molecular formula is C24H26F3NO5. The summed E-state index contributed by atoms with van der Waals surface area (Å²) in [5.74, 6) is -0.296. The highest BCUT2D eigenvalue weighted by Gasteiger charge is 2.30. The maximum absolute atomic E-state index is 12.7. The zero-order chi connectivity index (χ0) is 24.0. The predicted molar refractivity (Wildman–Crippen MR) is 114 cm³/mol. The minimum Gasteiger partial charge on any atom is -0.490 e.